The minimum atomic E-state index is -3.95. The van der Waals surface area contributed by atoms with Crippen molar-refractivity contribution in [1.29, 1.82) is 0 Å². The van der Waals surface area contributed by atoms with Crippen molar-refractivity contribution in [1.82, 2.24) is 10.3 Å². The highest BCUT2D eigenvalue weighted by Crippen LogP contribution is 2.40. The highest BCUT2D eigenvalue weighted by Gasteiger charge is 2.35. The van der Waals surface area contributed by atoms with E-state index in [1.165, 1.54) is 18.2 Å². The number of amides is 1. The first-order valence-corrected chi connectivity index (χ1v) is 14.8. The van der Waals surface area contributed by atoms with Crippen molar-refractivity contribution in [3.05, 3.63) is 66.2 Å². The molecule has 9 nitrogen and oxygen atoms in total. The van der Waals surface area contributed by atoms with Gasteiger partial charge in [0.1, 0.15) is 23.3 Å². The maximum absolute atomic E-state index is 14.1. The zero-order valence-electron chi connectivity index (χ0n) is 23.9. The second kappa shape index (κ2) is 11.5. The summed E-state index contributed by atoms with van der Waals surface area (Å²) in [6.07, 6.45) is -0.160. The summed E-state index contributed by atoms with van der Waals surface area (Å²) in [4.78, 5) is 19.0. The number of hydrogen-bond acceptors (Lipinski definition) is 7. The lowest BCUT2D eigenvalue weighted by Gasteiger charge is -2.36. The fourth-order valence-electron chi connectivity index (χ4n) is 4.41. The third kappa shape index (κ3) is 6.39. The van der Waals surface area contributed by atoms with Gasteiger partial charge in [0, 0.05) is 32.6 Å². The van der Waals surface area contributed by atoms with E-state index in [9.17, 15) is 18.3 Å². The Hall–Kier alpha value is -3.63. The number of benzene rings is 2. The lowest BCUT2D eigenvalue weighted by atomic mass is 10.0. The van der Waals surface area contributed by atoms with Gasteiger partial charge < -0.3 is 20.1 Å². The Morgan fingerprint density at radius 3 is 2.55 bits per heavy atom. The summed E-state index contributed by atoms with van der Waals surface area (Å²) < 4.78 is 35.9. The molecule has 0 aliphatic carbocycles. The number of aliphatic hydroxyl groups is 1. The molecule has 0 unspecified atom stereocenters. The summed E-state index contributed by atoms with van der Waals surface area (Å²) in [5.74, 6) is 0.882. The van der Waals surface area contributed by atoms with E-state index in [1.807, 2.05) is 63.2 Å². The highest BCUT2D eigenvalue weighted by molar-refractivity contribution is 7.92. The summed E-state index contributed by atoms with van der Waals surface area (Å²) in [6, 6.07) is 18.2. The Bertz CT molecular complexity index is 1480. The number of nitrogens with one attached hydrogen (secondary N) is 1. The third-order valence-corrected chi connectivity index (χ3v) is 8.58. The van der Waals surface area contributed by atoms with Crippen LogP contribution in [0.25, 0.3) is 11.3 Å². The molecule has 0 fully saturated rings. The van der Waals surface area contributed by atoms with Crippen LogP contribution in [-0.4, -0.2) is 63.3 Å². The molecule has 0 bridgehead atoms. The molecule has 0 saturated heterocycles. The standard InChI is InChI=1S/C30H38N4O5S/c1-20(2)21-9-7-10-24(17-21)40(37,38)34-19-23(15-16-31-29(35)30(3,4)36)39-27-14-13-22(18-26(27)34)25-11-8-12-28(32-25)33(5)6/h7-14,17-18,20,23,36H,15-16,19H2,1-6H3,(H,31,35)/t23-/m0/s1. The van der Waals surface area contributed by atoms with Crippen molar-refractivity contribution in [2.75, 3.05) is 36.4 Å². The molecular weight excluding hydrogens is 528 g/mol. The van der Waals surface area contributed by atoms with Crippen LogP contribution in [-0.2, 0) is 14.8 Å². The summed E-state index contributed by atoms with van der Waals surface area (Å²) in [7, 11) is -0.126. The third-order valence-electron chi connectivity index (χ3n) is 6.80. The first-order valence-electron chi connectivity index (χ1n) is 13.4. The molecule has 1 aliphatic rings. The van der Waals surface area contributed by atoms with Gasteiger partial charge in [-0.2, -0.15) is 0 Å². The van der Waals surface area contributed by atoms with Gasteiger partial charge in [-0.15, -0.1) is 0 Å². The van der Waals surface area contributed by atoms with Crippen molar-refractivity contribution in [2.45, 2.75) is 56.6 Å². The second-order valence-corrected chi connectivity index (χ2v) is 12.9. The minimum Gasteiger partial charge on any atom is -0.486 e. The van der Waals surface area contributed by atoms with Gasteiger partial charge in [-0.3, -0.25) is 9.10 Å². The monoisotopic (exact) mass is 566 g/mol. The van der Waals surface area contributed by atoms with Gasteiger partial charge in [-0.25, -0.2) is 13.4 Å². The summed E-state index contributed by atoms with van der Waals surface area (Å²) in [5, 5.41) is 12.6. The fourth-order valence-corrected chi connectivity index (χ4v) is 5.96. The molecule has 1 aromatic heterocycles. The number of rotatable bonds is 9. The Balaban J connectivity index is 1.72. The number of carbonyl (C=O) groups is 1. The highest BCUT2D eigenvalue weighted by atomic mass is 32.2. The van der Waals surface area contributed by atoms with Crippen LogP contribution < -0.4 is 19.3 Å². The van der Waals surface area contributed by atoms with E-state index in [1.54, 1.807) is 30.3 Å². The topological polar surface area (TPSA) is 112 Å². The van der Waals surface area contributed by atoms with Crippen LogP contribution in [0.3, 0.4) is 0 Å². The average molecular weight is 567 g/mol. The van der Waals surface area contributed by atoms with Crippen molar-refractivity contribution >= 4 is 27.4 Å². The van der Waals surface area contributed by atoms with Crippen molar-refractivity contribution in [3.63, 3.8) is 0 Å². The lowest BCUT2D eigenvalue weighted by Crippen LogP contribution is -2.46. The van der Waals surface area contributed by atoms with Gasteiger partial charge in [-0.1, -0.05) is 32.0 Å². The summed E-state index contributed by atoms with van der Waals surface area (Å²) in [6.45, 7) is 7.16. The number of ether oxygens (including phenoxy) is 1. The molecule has 2 aromatic carbocycles. The van der Waals surface area contributed by atoms with E-state index in [2.05, 4.69) is 5.32 Å². The van der Waals surface area contributed by atoms with E-state index in [0.717, 1.165) is 16.9 Å². The quantitative estimate of drug-likeness (QED) is 0.400. The number of aromatic nitrogens is 1. The molecule has 1 atom stereocenters. The van der Waals surface area contributed by atoms with Crippen molar-refractivity contribution in [2.24, 2.45) is 0 Å². The van der Waals surface area contributed by atoms with E-state index < -0.39 is 27.6 Å². The van der Waals surface area contributed by atoms with E-state index in [0.29, 0.717) is 23.6 Å². The molecule has 2 heterocycles. The molecule has 40 heavy (non-hydrogen) atoms. The Labute approximate surface area is 236 Å². The van der Waals surface area contributed by atoms with Gasteiger partial charge in [0.15, 0.2) is 0 Å². The normalized spacial score (nSPS) is 15.4. The predicted octanol–water partition coefficient (Wildman–Crippen LogP) is 4.17. The van der Waals surface area contributed by atoms with Crippen LogP contribution in [0.2, 0.25) is 0 Å². The van der Waals surface area contributed by atoms with Crippen molar-refractivity contribution in [3.8, 4) is 17.0 Å². The number of pyridine rings is 1. The minimum absolute atomic E-state index is 0.0637. The fraction of sp³-hybridized carbons (Fsp3) is 0.400. The molecule has 3 aromatic rings. The van der Waals surface area contributed by atoms with Gasteiger partial charge in [0.2, 0.25) is 0 Å². The molecular formula is C30H38N4O5S. The summed E-state index contributed by atoms with van der Waals surface area (Å²) >= 11 is 0. The smallest absolute Gasteiger partial charge is 0.264 e. The predicted molar refractivity (Wildman–Crippen MR) is 157 cm³/mol. The van der Waals surface area contributed by atoms with Gasteiger partial charge in [0.05, 0.1) is 22.8 Å². The Morgan fingerprint density at radius 2 is 1.88 bits per heavy atom. The van der Waals surface area contributed by atoms with E-state index in [4.69, 9.17) is 9.72 Å². The molecule has 0 saturated carbocycles. The number of hydrogen-bond donors (Lipinski definition) is 2. The van der Waals surface area contributed by atoms with Gasteiger partial charge in [0.25, 0.3) is 15.9 Å². The molecule has 214 valence electrons. The molecule has 2 N–H and O–H groups in total. The largest absolute Gasteiger partial charge is 0.486 e. The number of anilines is 2. The van der Waals surface area contributed by atoms with Crippen LogP contribution >= 0.6 is 0 Å². The molecule has 4 rings (SSSR count). The second-order valence-electron chi connectivity index (χ2n) is 11.1. The molecule has 0 spiro atoms. The number of sulfonamides is 1. The first kappa shape index (κ1) is 29.4. The maximum Gasteiger partial charge on any atom is 0.264 e. The SMILES string of the molecule is CC(C)c1cccc(S(=O)(=O)N2C[C@H](CCNC(=O)C(C)(C)O)Oc3ccc(-c4cccc(N(C)C)n4)cc32)c1. The zero-order valence-corrected chi connectivity index (χ0v) is 24.7. The van der Waals surface area contributed by atoms with Gasteiger partial charge >= 0.3 is 0 Å². The van der Waals surface area contributed by atoms with Crippen LogP contribution in [0.15, 0.2) is 65.6 Å². The van der Waals surface area contributed by atoms with E-state index >= 15 is 0 Å². The molecule has 0 radical (unpaired) electrons. The van der Waals surface area contributed by atoms with Crippen LogP contribution in [0.1, 0.15) is 45.6 Å². The number of nitrogens with zero attached hydrogens (tertiary/aromatic N) is 3. The summed E-state index contributed by atoms with van der Waals surface area (Å²) in [5.41, 5.74) is 1.33. The average Bonchev–Trinajstić information content (AvgIpc) is 2.91. The zero-order chi connectivity index (χ0) is 29.2. The van der Waals surface area contributed by atoms with E-state index in [-0.39, 0.29) is 23.9 Å². The maximum atomic E-state index is 14.1. The number of fused-ring (bicyclic) bond motifs is 1. The van der Waals surface area contributed by atoms with Crippen molar-refractivity contribution < 1.29 is 23.1 Å². The lowest BCUT2D eigenvalue weighted by molar-refractivity contribution is -0.136. The molecule has 1 amide bonds. The van der Waals surface area contributed by atoms with Crippen LogP contribution in [0.5, 0.6) is 5.75 Å². The van der Waals surface area contributed by atoms with Gasteiger partial charge in [-0.05, 0) is 67.8 Å². The Morgan fingerprint density at radius 1 is 1.15 bits per heavy atom. The molecule has 10 heteroatoms. The molecule has 1 aliphatic heterocycles. The number of carbonyl (C=O) groups excluding carboxylic acids is 1. The van der Waals surface area contributed by atoms with Crippen LogP contribution in [0, 0.1) is 0 Å². The van der Waals surface area contributed by atoms with Crippen LogP contribution in [0.4, 0.5) is 11.5 Å². The first-order chi connectivity index (χ1) is 18.8. The Kier molecular flexibility index (Phi) is 8.41.